The summed E-state index contributed by atoms with van der Waals surface area (Å²) < 4.78 is -1.28. The molecule has 2 rings (SSSR count). The molecule has 0 saturated heterocycles. The number of benzene rings is 1. The number of allylic oxidation sites excluding steroid dienone is 1. The minimum absolute atomic E-state index is 0.173. The molecule has 1 atom stereocenters. The predicted octanol–water partition coefficient (Wildman–Crippen LogP) is 3.97. The summed E-state index contributed by atoms with van der Waals surface area (Å²) in [6.45, 7) is 0. The van der Waals surface area contributed by atoms with Gasteiger partial charge in [-0.1, -0.05) is 65.2 Å². The Morgan fingerprint density at radius 3 is 2.77 bits per heavy atom. The molecule has 3 heteroatoms. The number of fused-ring (bicyclic) bond motifs is 1. The van der Waals surface area contributed by atoms with E-state index in [9.17, 15) is 0 Å². The van der Waals surface area contributed by atoms with Crippen LogP contribution in [0, 0.1) is 6.07 Å². The van der Waals surface area contributed by atoms with Gasteiger partial charge in [0.05, 0.1) is 5.92 Å². The van der Waals surface area contributed by atoms with Crippen LogP contribution in [0.3, 0.4) is 0 Å². The normalized spacial score (nSPS) is 20.4. The second-order valence-electron chi connectivity index (χ2n) is 2.92. The van der Waals surface area contributed by atoms with Crippen molar-refractivity contribution in [3.63, 3.8) is 0 Å². The van der Waals surface area contributed by atoms with Crippen LogP contribution in [0.5, 0.6) is 0 Å². The second kappa shape index (κ2) is 3.20. The maximum absolute atomic E-state index is 5.83. The summed E-state index contributed by atoms with van der Waals surface area (Å²) >= 11 is 17.5. The molecule has 1 aliphatic rings. The molecule has 0 aliphatic heterocycles. The molecule has 67 valence electrons. The molecule has 0 aromatic heterocycles. The summed E-state index contributed by atoms with van der Waals surface area (Å²) in [6, 6.07) is 8.82. The Morgan fingerprint density at radius 2 is 2.08 bits per heavy atom. The van der Waals surface area contributed by atoms with Crippen LogP contribution in [-0.2, 0) is 0 Å². The van der Waals surface area contributed by atoms with Crippen LogP contribution in [-0.4, -0.2) is 3.79 Å². The van der Waals surface area contributed by atoms with Gasteiger partial charge < -0.3 is 0 Å². The molecule has 1 aromatic rings. The van der Waals surface area contributed by atoms with Crippen molar-refractivity contribution in [1.29, 1.82) is 0 Å². The molecule has 0 saturated carbocycles. The molecule has 0 nitrogen and oxygen atoms in total. The zero-order valence-electron chi connectivity index (χ0n) is 6.60. The molecule has 1 aliphatic carbocycles. The first-order valence-electron chi connectivity index (χ1n) is 3.84. The van der Waals surface area contributed by atoms with E-state index in [1.54, 1.807) is 0 Å². The van der Waals surface area contributed by atoms with E-state index in [0.29, 0.717) is 0 Å². The number of hydrogen-bond acceptors (Lipinski definition) is 0. The first-order chi connectivity index (χ1) is 6.09. The SMILES string of the molecule is ClC(Cl)(Cl)C1C=Cc2ccc[c]c21. The fourth-order valence-corrected chi connectivity index (χ4v) is 1.99. The highest BCUT2D eigenvalue weighted by molar-refractivity contribution is 6.68. The van der Waals surface area contributed by atoms with Crippen LogP contribution in [0.4, 0.5) is 0 Å². The van der Waals surface area contributed by atoms with E-state index < -0.39 is 3.79 Å². The van der Waals surface area contributed by atoms with Gasteiger partial charge in [0, 0.05) is 0 Å². The van der Waals surface area contributed by atoms with Crippen LogP contribution in [0.15, 0.2) is 24.3 Å². The predicted molar refractivity (Wildman–Crippen MR) is 57.3 cm³/mol. The average Bonchev–Trinajstić information content (AvgIpc) is 2.45. The molecule has 1 radical (unpaired) electrons. The Balaban J connectivity index is 2.45. The van der Waals surface area contributed by atoms with Gasteiger partial charge in [-0.3, -0.25) is 0 Å². The summed E-state index contributed by atoms with van der Waals surface area (Å²) in [5, 5.41) is 0. The zero-order valence-corrected chi connectivity index (χ0v) is 8.87. The van der Waals surface area contributed by atoms with Gasteiger partial charge in [0.15, 0.2) is 0 Å². The van der Waals surface area contributed by atoms with E-state index >= 15 is 0 Å². The van der Waals surface area contributed by atoms with Gasteiger partial charge >= 0.3 is 0 Å². The Kier molecular flexibility index (Phi) is 2.31. The lowest BCUT2D eigenvalue weighted by molar-refractivity contribution is 0.890. The van der Waals surface area contributed by atoms with Gasteiger partial charge in [-0.15, -0.1) is 0 Å². The largest absolute Gasteiger partial charge is 0.200 e. The first-order valence-corrected chi connectivity index (χ1v) is 4.98. The second-order valence-corrected chi connectivity index (χ2v) is 5.29. The van der Waals surface area contributed by atoms with Crippen molar-refractivity contribution in [3.8, 4) is 0 Å². The molecule has 0 heterocycles. The zero-order chi connectivity index (χ0) is 9.47. The Bertz CT molecular complexity index is 349. The molecule has 1 unspecified atom stereocenters. The quantitative estimate of drug-likeness (QED) is 0.594. The van der Waals surface area contributed by atoms with Crippen LogP contribution in [0.1, 0.15) is 17.0 Å². The van der Waals surface area contributed by atoms with Gasteiger partial charge in [-0.2, -0.15) is 0 Å². The lowest BCUT2D eigenvalue weighted by atomic mass is 10.0. The third-order valence-corrected chi connectivity index (χ3v) is 2.76. The van der Waals surface area contributed by atoms with Crippen molar-refractivity contribution in [2.45, 2.75) is 9.71 Å². The number of rotatable bonds is 0. The lowest BCUT2D eigenvalue weighted by Gasteiger charge is -2.18. The highest BCUT2D eigenvalue weighted by Crippen LogP contribution is 2.46. The standard InChI is InChI=1S/C10H6Cl3/c11-10(12,13)9-6-5-7-3-1-2-4-8(7)9/h1-3,5-6,9H. The summed E-state index contributed by atoms with van der Waals surface area (Å²) in [4.78, 5) is 0. The first kappa shape index (κ1) is 9.39. The fourth-order valence-electron chi connectivity index (χ4n) is 1.45. The number of hydrogen-bond donors (Lipinski definition) is 0. The molecule has 0 amide bonds. The van der Waals surface area contributed by atoms with Gasteiger partial charge in [0.25, 0.3) is 0 Å². The highest BCUT2D eigenvalue weighted by atomic mass is 35.6. The third kappa shape index (κ3) is 1.71. The Labute approximate surface area is 92.1 Å². The molecule has 13 heavy (non-hydrogen) atoms. The topological polar surface area (TPSA) is 0 Å². The van der Waals surface area contributed by atoms with E-state index in [-0.39, 0.29) is 5.92 Å². The maximum atomic E-state index is 5.83. The van der Waals surface area contributed by atoms with Gasteiger partial charge in [0.2, 0.25) is 3.79 Å². The monoisotopic (exact) mass is 231 g/mol. The Hall–Kier alpha value is -0.170. The van der Waals surface area contributed by atoms with E-state index in [2.05, 4.69) is 6.07 Å². The fraction of sp³-hybridized carbons (Fsp3) is 0.200. The van der Waals surface area contributed by atoms with Crippen molar-refractivity contribution in [3.05, 3.63) is 41.5 Å². The van der Waals surface area contributed by atoms with Gasteiger partial charge in [-0.05, 0) is 17.2 Å². The maximum Gasteiger partial charge on any atom is 0.200 e. The van der Waals surface area contributed by atoms with Crippen LogP contribution in [0.2, 0.25) is 0 Å². The van der Waals surface area contributed by atoms with Gasteiger partial charge in [-0.25, -0.2) is 0 Å². The summed E-state index contributed by atoms with van der Waals surface area (Å²) in [5.41, 5.74) is 2.04. The van der Waals surface area contributed by atoms with Crippen molar-refractivity contribution in [2.24, 2.45) is 0 Å². The molecule has 1 aromatic carbocycles. The molecule has 0 bridgehead atoms. The van der Waals surface area contributed by atoms with E-state index in [1.165, 1.54) is 0 Å². The van der Waals surface area contributed by atoms with Crippen LogP contribution >= 0.6 is 34.8 Å². The molecular formula is C10H6Cl3. The summed E-state index contributed by atoms with van der Waals surface area (Å²) in [5.74, 6) is -0.173. The number of alkyl halides is 3. The molecule has 0 fully saturated rings. The van der Waals surface area contributed by atoms with Crippen molar-refractivity contribution in [1.82, 2.24) is 0 Å². The van der Waals surface area contributed by atoms with Gasteiger partial charge in [0.1, 0.15) is 0 Å². The Morgan fingerprint density at radius 1 is 1.31 bits per heavy atom. The summed E-state index contributed by atoms with van der Waals surface area (Å²) in [7, 11) is 0. The van der Waals surface area contributed by atoms with Crippen LogP contribution < -0.4 is 0 Å². The van der Waals surface area contributed by atoms with Crippen molar-refractivity contribution < 1.29 is 0 Å². The molecule has 0 N–H and O–H groups in total. The van der Waals surface area contributed by atoms with Crippen molar-refractivity contribution in [2.75, 3.05) is 0 Å². The minimum Gasteiger partial charge on any atom is -0.0826 e. The highest BCUT2D eigenvalue weighted by Gasteiger charge is 2.35. The van der Waals surface area contributed by atoms with Crippen LogP contribution in [0.25, 0.3) is 6.08 Å². The molecular weight excluding hydrogens is 226 g/mol. The van der Waals surface area contributed by atoms with E-state index in [1.807, 2.05) is 30.4 Å². The smallest absolute Gasteiger partial charge is 0.0826 e. The van der Waals surface area contributed by atoms with E-state index in [0.717, 1.165) is 11.1 Å². The van der Waals surface area contributed by atoms with E-state index in [4.69, 9.17) is 34.8 Å². The molecule has 0 spiro atoms. The third-order valence-electron chi connectivity index (χ3n) is 2.05. The summed E-state index contributed by atoms with van der Waals surface area (Å²) in [6.07, 6.45) is 3.85. The number of halogens is 3. The minimum atomic E-state index is -1.28. The average molecular weight is 233 g/mol. The van der Waals surface area contributed by atoms with Crippen molar-refractivity contribution >= 4 is 40.9 Å². The lowest BCUT2D eigenvalue weighted by Crippen LogP contribution is -2.13.